The van der Waals surface area contributed by atoms with Crippen LogP contribution in [0.5, 0.6) is 5.75 Å². The van der Waals surface area contributed by atoms with Crippen molar-refractivity contribution in [3.63, 3.8) is 0 Å². The highest BCUT2D eigenvalue weighted by Gasteiger charge is 2.21. The third-order valence-electron chi connectivity index (χ3n) is 5.60. The van der Waals surface area contributed by atoms with Crippen molar-refractivity contribution in [2.24, 2.45) is 0 Å². The molecule has 0 saturated carbocycles. The number of methoxy groups -OCH3 is 1. The molecule has 1 N–H and O–H groups in total. The molecule has 6 nitrogen and oxygen atoms in total. The van der Waals surface area contributed by atoms with Gasteiger partial charge in [0.2, 0.25) is 0 Å². The molecule has 0 radical (unpaired) electrons. The van der Waals surface area contributed by atoms with E-state index in [4.69, 9.17) is 9.47 Å². The largest absolute Gasteiger partial charge is 0.497 e. The van der Waals surface area contributed by atoms with Gasteiger partial charge in [0.15, 0.2) is 0 Å². The molecule has 2 aromatic heterocycles. The Kier molecular flexibility index (Phi) is 6.54. The number of rotatable bonds is 7. The van der Waals surface area contributed by atoms with Gasteiger partial charge in [-0.25, -0.2) is 4.98 Å². The number of pyridine rings is 2. The first kappa shape index (κ1) is 20.3. The Labute approximate surface area is 176 Å². The number of nitrogens with zero attached hydrogens (tertiary/aromatic N) is 2. The molecule has 0 atom stereocenters. The molecule has 0 spiro atoms. The minimum atomic E-state index is -0.132. The van der Waals surface area contributed by atoms with Crippen molar-refractivity contribution in [3.05, 3.63) is 65.6 Å². The maximum atomic E-state index is 12.8. The van der Waals surface area contributed by atoms with E-state index in [2.05, 4.69) is 21.4 Å². The Morgan fingerprint density at radius 1 is 1.23 bits per heavy atom. The van der Waals surface area contributed by atoms with Crippen LogP contribution < -0.4 is 10.1 Å². The van der Waals surface area contributed by atoms with Crippen LogP contribution in [0.2, 0.25) is 0 Å². The lowest BCUT2D eigenvalue weighted by Gasteiger charge is -2.24. The van der Waals surface area contributed by atoms with E-state index >= 15 is 0 Å². The van der Waals surface area contributed by atoms with Crippen LogP contribution in [0.25, 0.3) is 10.9 Å². The number of amides is 1. The van der Waals surface area contributed by atoms with E-state index in [0.29, 0.717) is 18.2 Å². The van der Waals surface area contributed by atoms with Gasteiger partial charge in [-0.1, -0.05) is 12.1 Å². The molecular weight excluding hydrogens is 378 g/mol. The summed E-state index contributed by atoms with van der Waals surface area (Å²) in [7, 11) is 1.67. The quantitative estimate of drug-likeness (QED) is 0.604. The summed E-state index contributed by atoms with van der Waals surface area (Å²) >= 11 is 0. The monoisotopic (exact) mass is 405 g/mol. The van der Waals surface area contributed by atoms with Crippen molar-refractivity contribution in [2.75, 3.05) is 26.9 Å². The van der Waals surface area contributed by atoms with Crippen LogP contribution in [0.15, 0.2) is 48.8 Å². The number of fused-ring (bicyclic) bond motifs is 1. The number of ether oxygens (including phenoxy) is 2. The number of carbonyl (C=O) groups excluding carboxylic acids is 1. The fourth-order valence-corrected chi connectivity index (χ4v) is 3.97. The number of nitrogens with one attached hydrogen (secondary N) is 1. The van der Waals surface area contributed by atoms with Crippen LogP contribution in [-0.4, -0.2) is 42.7 Å². The molecule has 156 valence electrons. The van der Waals surface area contributed by atoms with Gasteiger partial charge < -0.3 is 14.8 Å². The van der Waals surface area contributed by atoms with Crippen molar-refractivity contribution in [1.29, 1.82) is 0 Å². The zero-order chi connectivity index (χ0) is 20.8. The number of aryl methyl sites for hydroxylation is 1. The van der Waals surface area contributed by atoms with E-state index in [0.717, 1.165) is 61.1 Å². The number of aromatic nitrogens is 2. The minimum absolute atomic E-state index is 0.132. The summed E-state index contributed by atoms with van der Waals surface area (Å²) in [6.07, 6.45) is 7.21. The summed E-state index contributed by atoms with van der Waals surface area (Å²) in [4.78, 5) is 21.7. The number of carbonyl (C=O) groups is 1. The summed E-state index contributed by atoms with van der Waals surface area (Å²) in [5.74, 6) is 1.09. The maximum Gasteiger partial charge on any atom is 0.269 e. The van der Waals surface area contributed by atoms with Crippen LogP contribution in [-0.2, 0) is 11.2 Å². The Balaban J connectivity index is 1.43. The first-order chi connectivity index (χ1) is 14.7. The second-order valence-corrected chi connectivity index (χ2v) is 7.59. The van der Waals surface area contributed by atoms with Gasteiger partial charge in [0.25, 0.3) is 5.91 Å². The minimum Gasteiger partial charge on any atom is -0.497 e. The molecule has 0 unspecified atom stereocenters. The zero-order valence-electron chi connectivity index (χ0n) is 17.3. The maximum absolute atomic E-state index is 12.8. The van der Waals surface area contributed by atoms with E-state index < -0.39 is 0 Å². The molecule has 1 aliphatic rings. The fraction of sp³-hybridized carbons (Fsp3) is 0.375. The molecule has 3 aromatic rings. The lowest BCUT2D eigenvalue weighted by molar-refractivity contribution is 0.0855. The van der Waals surface area contributed by atoms with Gasteiger partial charge in [0, 0.05) is 37.5 Å². The van der Waals surface area contributed by atoms with Crippen molar-refractivity contribution in [3.8, 4) is 5.75 Å². The number of hydrogen-bond acceptors (Lipinski definition) is 5. The molecule has 3 heterocycles. The fourth-order valence-electron chi connectivity index (χ4n) is 3.97. The topological polar surface area (TPSA) is 73.3 Å². The van der Waals surface area contributed by atoms with Crippen LogP contribution in [0.1, 0.15) is 46.8 Å². The van der Waals surface area contributed by atoms with Crippen LogP contribution in [0, 0.1) is 0 Å². The number of benzene rings is 1. The summed E-state index contributed by atoms with van der Waals surface area (Å²) in [6, 6.07) is 11.8. The van der Waals surface area contributed by atoms with Gasteiger partial charge in [0.05, 0.1) is 12.6 Å². The van der Waals surface area contributed by atoms with Crippen molar-refractivity contribution < 1.29 is 14.3 Å². The predicted octanol–water partition coefficient (Wildman–Crippen LogP) is 3.90. The predicted molar refractivity (Wildman–Crippen MR) is 116 cm³/mol. The molecule has 1 aliphatic heterocycles. The lowest BCUT2D eigenvalue weighted by Crippen LogP contribution is -2.26. The third-order valence-corrected chi connectivity index (χ3v) is 5.60. The molecule has 0 aliphatic carbocycles. The Bertz CT molecular complexity index is 1020. The van der Waals surface area contributed by atoms with Crippen LogP contribution in [0.4, 0.5) is 0 Å². The highest BCUT2D eigenvalue weighted by molar-refractivity contribution is 5.96. The summed E-state index contributed by atoms with van der Waals surface area (Å²) < 4.78 is 10.8. The molecule has 30 heavy (non-hydrogen) atoms. The highest BCUT2D eigenvalue weighted by atomic mass is 16.5. The normalized spacial score (nSPS) is 14.6. The van der Waals surface area contributed by atoms with Gasteiger partial charge in [-0.3, -0.25) is 9.78 Å². The van der Waals surface area contributed by atoms with E-state index in [1.807, 2.05) is 36.5 Å². The van der Waals surface area contributed by atoms with E-state index in [1.165, 1.54) is 5.56 Å². The van der Waals surface area contributed by atoms with E-state index in [1.54, 1.807) is 13.3 Å². The Morgan fingerprint density at radius 3 is 2.93 bits per heavy atom. The molecule has 4 rings (SSSR count). The average molecular weight is 405 g/mol. The van der Waals surface area contributed by atoms with Crippen LogP contribution >= 0.6 is 0 Å². The second kappa shape index (κ2) is 9.67. The molecule has 1 amide bonds. The van der Waals surface area contributed by atoms with Crippen molar-refractivity contribution in [2.45, 2.75) is 31.6 Å². The summed E-state index contributed by atoms with van der Waals surface area (Å²) in [6.45, 7) is 2.10. The highest BCUT2D eigenvalue weighted by Crippen LogP contribution is 2.32. The smallest absolute Gasteiger partial charge is 0.269 e. The number of hydrogen-bond donors (Lipinski definition) is 1. The molecule has 1 aromatic carbocycles. The third kappa shape index (κ3) is 4.76. The van der Waals surface area contributed by atoms with Crippen molar-refractivity contribution >= 4 is 16.8 Å². The second-order valence-electron chi connectivity index (χ2n) is 7.59. The summed E-state index contributed by atoms with van der Waals surface area (Å²) in [5.41, 5.74) is 3.63. The first-order valence-corrected chi connectivity index (χ1v) is 10.5. The van der Waals surface area contributed by atoms with Gasteiger partial charge in [-0.15, -0.1) is 0 Å². The SMILES string of the molecule is COc1cccc(CCCNC(=O)c2cc(C3CCOCC3)c3cnccc3n2)c1. The van der Waals surface area contributed by atoms with E-state index in [9.17, 15) is 4.79 Å². The molecular formula is C24H27N3O3. The van der Waals surface area contributed by atoms with Gasteiger partial charge in [-0.2, -0.15) is 0 Å². The average Bonchev–Trinajstić information content (AvgIpc) is 2.81. The Hall–Kier alpha value is -2.99. The first-order valence-electron chi connectivity index (χ1n) is 10.5. The summed E-state index contributed by atoms with van der Waals surface area (Å²) in [5, 5.41) is 4.05. The van der Waals surface area contributed by atoms with Crippen LogP contribution in [0.3, 0.4) is 0 Å². The molecule has 1 saturated heterocycles. The van der Waals surface area contributed by atoms with E-state index in [-0.39, 0.29) is 5.91 Å². The van der Waals surface area contributed by atoms with Gasteiger partial charge in [0.1, 0.15) is 11.4 Å². The zero-order valence-corrected chi connectivity index (χ0v) is 17.3. The van der Waals surface area contributed by atoms with Crippen molar-refractivity contribution in [1.82, 2.24) is 15.3 Å². The molecule has 1 fully saturated rings. The molecule has 6 heteroatoms. The Morgan fingerprint density at radius 2 is 2.10 bits per heavy atom. The lowest BCUT2D eigenvalue weighted by atomic mass is 9.89. The molecule has 0 bridgehead atoms. The standard InChI is InChI=1S/C24H27N3O3/c1-29-19-6-2-4-17(14-19)5-3-10-26-24(28)23-15-20(18-8-12-30-13-9-18)21-16-25-11-7-22(21)27-23/h2,4,6-7,11,14-16,18H,3,5,8-10,12-13H2,1H3,(H,26,28). The van der Waals surface area contributed by atoms with Gasteiger partial charge >= 0.3 is 0 Å². The van der Waals surface area contributed by atoms with Gasteiger partial charge in [-0.05, 0) is 67.0 Å².